The van der Waals surface area contributed by atoms with E-state index in [1.165, 1.54) is 18.5 Å². The van der Waals surface area contributed by atoms with E-state index in [0.717, 1.165) is 11.8 Å². The standard InChI is InChI=1S/C28H26N8O4S/c1-16-9-10-35-24(16)28(38)36(20-7-5-4-6-8-20)27(33-35)17(2)32-26-23-22(14-29-25(23)30-15-31-26)18-11-19(13-21(37)12-18)34-41(3,39)40/h4-15,17,34,37H,1-3H3,(H2,29,30,31,32). The number of hydrogen-bond donors (Lipinski definition) is 4. The first-order valence-corrected chi connectivity index (χ1v) is 14.6. The number of H-pyrrole nitrogens is 1. The molecule has 41 heavy (non-hydrogen) atoms. The molecule has 0 amide bonds. The highest BCUT2D eigenvalue weighted by Gasteiger charge is 2.22. The monoisotopic (exact) mass is 570 g/mol. The lowest BCUT2D eigenvalue weighted by Gasteiger charge is -2.20. The van der Waals surface area contributed by atoms with Crippen molar-refractivity contribution in [2.24, 2.45) is 0 Å². The van der Waals surface area contributed by atoms with E-state index in [2.05, 4.69) is 25.0 Å². The molecule has 1 atom stereocenters. The Morgan fingerprint density at radius 1 is 1.07 bits per heavy atom. The molecule has 0 spiro atoms. The maximum atomic E-state index is 13.7. The largest absolute Gasteiger partial charge is 0.508 e. The summed E-state index contributed by atoms with van der Waals surface area (Å²) >= 11 is 0. The van der Waals surface area contributed by atoms with E-state index in [0.29, 0.717) is 45.0 Å². The Balaban J connectivity index is 1.47. The SMILES string of the molecule is Cc1ccn2nc(C(C)Nc3ncnc4[nH]cc(-c5cc(O)cc(NS(C)(=O)=O)c5)c34)n(-c3ccccc3)c(=O)c12. The number of hydrogen-bond acceptors (Lipinski definition) is 8. The van der Waals surface area contributed by atoms with E-state index in [9.17, 15) is 18.3 Å². The molecule has 208 valence electrons. The van der Waals surface area contributed by atoms with E-state index in [1.54, 1.807) is 27.5 Å². The number of aryl methyl sites for hydroxylation is 1. The summed E-state index contributed by atoms with van der Waals surface area (Å²) in [5.74, 6) is 0.802. The lowest BCUT2D eigenvalue weighted by molar-refractivity contribution is 0.476. The molecule has 4 N–H and O–H groups in total. The second kappa shape index (κ2) is 9.78. The van der Waals surface area contributed by atoms with Crippen LogP contribution in [0, 0.1) is 6.92 Å². The lowest BCUT2D eigenvalue weighted by Crippen LogP contribution is -2.29. The van der Waals surface area contributed by atoms with Gasteiger partial charge in [-0.1, -0.05) is 18.2 Å². The Morgan fingerprint density at radius 3 is 2.61 bits per heavy atom. The van der Waals surface area contributed by atoms with Gasteiger partial charge in [0.05, 0.1) is 29.1 Å². The Bertz CT molecular complexity index is 2100. The van der Waals surface area contributed by atoms with Crippen molar-refractivity contribution in [3.8, 4) is 22.6 Å². The number of aromatic amines is 1. The minimum Gasteiger partial charge on any atom is -0.508 e. The van der Waals surface area contributed by atoms with Crippen LogP contribution in [-0.4, -0.2) is 48.9 Å². The molecule has 0 radical (unpaired) electrons. The summed E-state index contributed by atoms with van der Waals surface area (Å²) in [6.45, 7) is 3.75. The van der Waals surface area contributed by atoms with E-state index in [-0.39, 0.29) is 17.0 Å². The first kappa shape index (κ1) is 26.1. The quantitative estimate of drug-likeness (QED) is 0.224. The molecular formula is C28H26N8O4S. The number of aromatic hydroxyl groups is 1. The van der Waals surface area contributed by atoms with Crippen LogP contribution in [0.4, 0.5) is 11.5 Å². The van der Waals surface area contributed by atoms with Crippen LogP contribution in [-0.2, 0) is 10.0 Å². The van der Waals surface area contributed by atoms with Gasteiger partial charge in [-0.2, -0.15) is 5.10 Å². The number of nitrogens with zero attached hydrogens (tertiary/aromatic N) is 5. The highest BCUT2D eigenvalue weighted by molar-refractivity contribution is 7.92. The highest BCUT2D eigenvalue weighted by Crippen LogP contribution is 2.36. The van der Waals surface area contributed by atoms with Gasteiger partial charge in [-0.15, -0.1) is 0 Å². The van der Waals surface area contributed by atoms with Gasteiger partial charge in [-0.25, -0.2) is 22.9 Å². The summed E-state index contributed by atoms with van der Waals surface area (Å²) in [5, 5.41) is 19.2. The Hall–Kier alpha value is -5.17. The number of nitrogens with one attached hydrogen (secondary N) is 3. The minimum absolute atomic E-state index is 0.117. The van der Waals surface area contributed by atoms with E-state index >= 15 is 0 Å². The van der Waals surface area contributed by atoms with Crippen molar-refractivity contribution in [2.45, 2.75) is 19.9 Å². The summed E-state index contributed by atoms with van der Waals surface area (Å²) in [5.41, 5.74) is 3.70. The van der Waals surface area contributed by atoms with Crippen LogP contribution in [0.2, 0.25) is 0 Å². The first-order chi connectivity index (χ1) is 19.6. The zero-order chi connectivity index (χ0) is 28.9. The molecule has 6 rings (SSSR count). The summed E-state index contributed by atoms with van der Waals surface area (Å²) in [6, 6.07) is 15.1. The summed E-state index contributed by atoms with van der Waals surface area (Å²) in [6.07, 6.45) is 5.91. The van der Waals surface area contributed by atoms with Crippen LogP contribution < -0.4 is 15.6 Å². The fourth-order valence-corrected chi connectivity index (χ4v) is 5.49. The molecule has 4 aromatic heterocycles. The predicted molar refractivity (Wildman–Crippen MR) is 157 cm³/mol. The molecule has 0 aliphatic carbocycles. The number of rotatable bonds is 7. The number of anilines is 2. The van der Waals surface area contributed by atoms with E-state index < -0.39 is 16.1 Å². The van der Waals surface area contributed by atoms with E-state index in [4.69, 9.17) is 5.10 Å². The molecule has 2 aromatic carbocycles. The van der Waals surface area contributed by atoms with Gasteiger partial charge in [0, 0.05) is 24.0 Å². The normalized spacial score (nSPS) is 12.6. The predicted octanol–water partition coefficient (Wildman–Crippen LogP) is 3.98. The Labute approximate surface area is 234 Å². The van der Waals surface area contributed by atoms with Crippen LogP contribution in [0.15, 0.2) is 78.1 Å². The molecule has 13 heteroatoms. The van der Waals surface area contributed by atoms with Gasteiger partial charge in [0.2, 0.25) is 10.0 Å². The van der Waals surface area contributed by atoms with Gasteiger partial charge in [0.1, 0.15) is 29.1 Å². The molecule has 4 heterocycles. The number of sulfonamides is 1. The second-order valence-corrected chi connectivity index (χ2v) is 11.5. The van der Waals surface area contributed by atoms with Crippen molar-refractivity contribution in [1.82, 2.24) is 29.1 Å². The maximum absolute atomic E-state index is 13.7. The third-order valence-corrected chi connectivity index (χ3v) is 7.28. The number of phenolic OH excluding ortho intramolecular Hbond substituents is 1. The molecule has 0 fully saturated rings. The van der Waals surface area contributed by atoms with Gasteiger partial charge >= 0.3 is 0 Å². The molecule has 6 aromatic rings. The summed E-state index contributed by atoms with van der Waals surface area (Å²) in [4.78, 5) is 25.7. The van der Waals surface area contributed by atoms with Crippen molar-refractivity contribution >= 4 is 38.1 Å². The molecule has 0 saturated heterocycles. The van der Waals surface area contributed by atoms with Crippen molar-refractivity contribution in [2.75, 3.05) is 16.3 Å². The van der Waals surface area contributed by atoms with Gasteiger partial charge in [-0.3, -0.25) is 14.1 Å². The highest BCUT2D eigenvalue weighted by atomic mass is 32.2. The minimum atomic E-state index is -3.56. The summed E-state index contributed by atoms with van der Waals surface area (Å²) < 4.78 is 29.2. The molecule has 0 aliphatic heterocycles. The van der Waals surface area contributed by atoms with Crippen LogP contribution in [0.25, 0.3) is 33.4 Å². The molecular weight excluding hydrogens is 544 g/mol. The topological polar surface area (TPSA) is 159 Å². The van der Waals surface area contributed by atoms with Crippen molar-refractivity contribution in [3.63, 3.8) is 0 Å². The number of fused-ring (bicyclic) bond motifs is 2. The molecule has 0 aliphatic rings. The zero-order valence-corrected chi connectivity index (χ0v) is 23.1. The molecule has 0 saturated carbocycles. The number of para-hydroxylation sites is 1. The van der Waals surface area contributed by atoms with Gasteiger partial charge in [0.25, 0.3) is 5.56 Å². The molecule has 1 unspecified atom stereocenters. The average Bonchev–Trinajstić information content (AvgIpc) is 3.52. The smallest absolute Gasteiger partial charge is 0.282 e. The zero-order valence-electron chi connectivity index (χ0n) is 22.3. The van der Waals surface area contributed by atoms with Crippen molar-refractivity contribution < 1.29 is 13.5 Å². The van der Waals surface area contributed by atoms with Gasteiger partial charge in [-0.05, 0) is 55.3 Å². The number of aromatic nitrogens is 6. The third-order valence-electron chi connectivity index (χ3n) is 6.67. The van der Waals surface area contributed by atoms with Gasteiger partial charge < -0.3 is 15.4 Å². The molecule has 0 bridgehead atoms. The van der Waals surface area contributed by atoms with Crippen LogP contribution in [0.3, 0.4) is 0 Å². The lowest BCUT2D eigenvalue weighted by atomic mass is 10.0. The molecule has 12 nitrogen and oxygen atoms in total. The van der Waals surface area contributed by atoms with Crippen LogP contribution >= 0.6 is 0 Å². The second-order valence-electron chi connectivity index (χ2n) is 9.78. The van der Waals surface area contributed by atoms with Crippen LogP contribution in [0.1, 0.15) is 24.4 Å². The Kier molecular flexibility index (Phi) is 6.22. The van der Waals surface area contributed by atoms with E-state index in [1.807, 2.05) is 50.2 Å². The van der Waals surface area contributed by atoms with Crippen molar-refractivity contribution in [1.29, 1.82) is 0 Å². The van der Waals surface area contributed by atoms with Crippen LogP contribution in [0.5, 0.6) is 5.75 Å². The fourth-order valence-electron chi connectivity index (χ4n) is 4.95. The average molecular weight is 571 g/mol. The maximum Gasteiger partial charge on any atom is 0.282 e. The van der Waals surface area contributed by atoms with Gasteiger partial charge in [0.15, 0.2) is 5.82 Å². The van der Waals surface area contributed by atoms with Crippen molar-refractivity contribution in [3.05, 3.63) is 95.1 Å². The third kappa shape index (κ3) is 4.87. The number of phenols is 1. The fraction of sp³-hybridized carbons (Fsp3) is 0.143. The number of benzene rings is 2. The summed E-state index contributed by atoms with van der Waals surface area (Å²) in [7, 11) is -3.56. The Morgan fingerprint density at radius 2 is 1.85 bits per heavy atom. The first-order valence-electron chi connectivity index (χ1n) is 12.7.